The fourth-order valence-corrected chi connectivity index (χ4v) is 2.94. The lowest BCUT2D eigenvalue weighted by molar-refractivity contribution is -0.134. The Bertz CT molecular complexity index is 555. The number of hydrogen-bond donors (Lipinski definition) is 0. The van der Waals surface area contributed by atoms with Crippen LogP contribution in [0.3, 0.4) is 0 Å². The first-order valence-corrected chi connectivity index (χ1v) is 7.65. The lowest BCUT2D eigenvalue weighted by Crippen LogP contribution is -2.42. The summed E-state index contributed by atoms with van der Waals surface area (Å²) < 4.78 is 13.9. The largest absolute Gasteiger partial charge is 0.349 e. The van der Waals surface area contributed by atoms with Gasteiger partial charge in [0.25, 0.3) is 5.91 Å². The van der Waals surface area contributed by atoms with Crippen molar-refractivity contribution in [2.45, 2.75) is 12.8 Å². The summed E-state index contributed by atoms with van der Waals surface area (Å²) in [5.74, 6) is -0.551. The van der Waals surface area contributed by atoms with Crippen molar-refractivity contribution in [3.05, 3.63) is 34.1 Å². The number of carbonyl (C=O) groups excluding carboxylic acids is 2. The number of nitrogens with zero attached hydrogens (tertiary/aromatic N) is 2. The fraction of sp³-hybridized carbons (Fsp3) is 0.467. The third-order valence-electron chi connectivity index (χ3n) is 3.73. The van der Waals surface area contributed by atoms with Crippen LogP contribution in [0.15, 0.2) is 22.7 Å². The molecular formula is C15H18BrFN2O2. The number of halogens is 2. The van der Waals surface area contributed by atoms with E-state index in [1.807, 2.05) is 0 Å². The Morgan fingerprint density at radius 3 is 2.48 bits per heavy atom. The minimum absolute atomic E-state index is 0.0278. The van der Waals surface area contributed by atoms with E-state index in [9.17, 15) is 14.0 Å². The van der Waals surface area contributed by atoms with Crippen molar-refractivity contribution in [3.8, 4) is 0 Å². The summed E-state index contributed by atoms with van der Waals surface area (Å²) >= 11 is 3.28. The molecule has 1 fully saturated rings. The van der Waals surface area contributed by atoms with Gasteiger partial charge in [-0.1, -0.05) is 0 Å². The predicted molar refractivity (Wildman–Crippen MR) is 81.4 cm³/mol. The smallest absolute Gasteiger partial charge is 0.255 e. The molecule has 0 saturated carbocycles. The van der Waals surface area contributed by atoms with E-state index in [1.54, 1.807) is 23.9 Å². The molecule has 21 heavy (non-hydrogen) atoms. The van der Waals surface area contributed by atoms with Gasteiger partial charge in [0.15, 0.2) is 0 Å². The van der Waals surface area contributed by atoms with Crippen molar-refractivity contribution in [3.63, 3.8) is 0 Å². The second-order valence-corrected chi connectivity index (χ2v) is 6.28. The van der Waals surface area contributed by atoms with Gasteiger partial charge in [0, 0.05) is 37.6 Å². The molecule has 1 saturated heterocycles. The molecule has 1 aliphatic rings. The molecule has 0 aliphatic carbocycles. The highest BCUT2D eigenvalue weighted by atomic mass is 79.9. The molecule has 6 heteroatoms. The number of rotatable bonds is 2. The van der Waals surface area contributed by atoms with Crippen molar-refractivity contribution in [2.24, 2.45) is 5.92 Å². The number of amides is 2. The molecule has 2 rings (SSSR count). The van der Waals surface area contributed by atoms with Crippen LogP contribution in [-0.4, -0.2) is 48.8 Å². The molecule has 1 aromatic rings. The van der Waals surface area contributed by atoms with Gasteiger partial charge in [-0.05, 0) is 47.0 Å². The maximum Gasteiger partial charge on any atom is 0.255 e. The van der Waals surface area contributed by atoms with E-state index in [0.29, 0.717) is 36.0 Å². The fourth-order valence-electron chi connectivity index (χ4n) is 2.53. The standard InChI is InChI=1S/C15H18BrFN2O2/c1-18(2)14(20)10-5-7-19(8-6-10)15(21)12-9-11(17)3-4-13(12)16/h3-4,9-10H,5-8H2,1-2H3. The van der Waals surface area contributed by atoms with Crippen LogP contribution >= 0.6 is 15.9 Å². The summed E-state index contributed by atoms with van der Waals surface area (Å²) in [4.78, 5) is 27.6. The van der Waals surface area contributed by atoms with E-state index >= 15 is 0 Å². The van der Waals surface area contributed by atoms with Gasteiger partial charge in [-0.25, -0.2) is 4.39 Å². The summed E-state index contributed by atoms with van der Waals surface area (Å²) in [6, 6.07) is 4.08. The zero-order valence-electron chi connectivity index (χ0n) is 12.1. The number of likely N-dealkylation sites (tertiary alicyclic amines) is 1. The molecule has 1 aromatic carbocycles. The zero-order valence-corrected chi connectivity index (χ0v) is 13.7. The van der Waals surface area contributed by atoms with E-state index in [0.717, 1.165) is 0 Å². The molecule has 0 radical (unpaired) electrons. The van der Waals surface area contributed by atoms with Crippen LogP contribution in [-0.2, 0) is 4.79 Å². The normalized spacial score (nSPS) is 15.9. The molecule has 1 heterocycles. The Morgan fingerprint density at radius 1 is 1.29 bits per heavy atom. The second-order valence-electron chi connectivity index (χ2n) is 5.42. The quantitative estimate of drug-likeness (QED) is 0.816. The zero-order chi connectivity index (χ0) is 15.6. The van der Waals surface area contributed by atoms with Gasteiger partial charge < -0.3 is 9.80 Å². The van der Waals surface area contributed by atoms with Crippen molar-refractivity contribution in [2.75, 3.05) is 27.2 Å². The Hall–Kier alpha value is -1.43. The molecule has 0 N–H and O–H groups in total. The molecule has 1 aliphatic heterocycles. The van der Waals surface area contributed by atoms with E-state index in [1.165, 1.54) is 18.2 Å². The van der Waals surface area contributed by atoms with Gasteiger partial charge in [0.2, 0.25) is 5.91 Å². The average molecular weight is 357 g/mol. The number of piperidine rings is 1. The van der Waals surface area contributed by atoms with Gasteiger partial charge in [-0.2, -0.15) is 0 Å². The highest BCUT2D eigenvalue weighted by Gasteiger charge is 2.29. The molecule has 0 aromatic heterocycles. The van der Waals surface area contributed by atoms with E-state index in [2.05, 4.69) is 15.9 Å². The monoisotopic (exact) mass is 356 g/mol. The first-order valence-electron chi connectivity index (χ1n) is 6.85. The van der Waals surface area contributed by atoms with Crippen molar-refractivity contribution >= 4 is 27.7 Å². The van der Waals surface area contributed by atoms with Gasteiger partial charge in [0.05, 0.1) is 5.56 Å². The SMILES string of the molecule is CN(C)C(=O)C1CCN(C(=O)c2cc(F)ccc2Br)CC1. The van der Waals surface area contributed by atoms with Crippen molar-refractivity contribution in [1.29, 1.82) is 0 Å². The summed E-state index contributed by atoms with van der Waals surface area (Å²) in [5, 5.41) is 0. The minimum Gasteiger partial charge on any atom is -0.349 e. The lowest BCUT2D eigenvalue weighted by Gasteiger charge is -2.32. The summed E-state index contributed by atoms with van der Waals surface area (Å²) in [5.41, 5.74) is 0.326. The molecule has 0 unspecified atom stereocenters. The van der Waals surface area contributed by atoms with E-state index in [4.69, 9.17) is 0 Å². The third-order valence-corrected chi connectivity index (χ3v) is 4.42. The van der Waals surface area contributed by atoms with Crippen LogP contribution in [0.25, 0.3) is 0 Å². The Balaban J connectivity index is 2.03. The Labute approximate surface area is 132 Å². The van der Waals surface area contributed by atoms with Gasteiger partial charge in [-0.15, -0.1) is 0 Å². The summed E-state index contributed by atoms with van der Waals surface area (Å²) in [6.45, 7) is 1.04. The van der Waals surface area contributed by atoms with Crippen molar-refractivity contribution in [1.82, 2.24) is 9.80 Å². The van der Waals surface area contributed by atoms with Crippen LogP contribution in [0.4, 0.5) is 4.39 Å². The topological polar surface area (TPSA) is 40.6 Å². The number of carbonyl (C=O) groups is 2. The van der Waals surface area contributed by atoms with Gasteiger partial charge >= 0.3 is 0 Å². The maximum atomic E-state index is 13.3. The molecule has 2 amide bonds. The van der Waals surface area contributed by atoms with Crippen LogP contribution < -0.4 is 0 Å². The van der Waals surface area contributed by atoms with E-state index < -0.39 is 5.82 Å². The Morgan fingerprint density at radius 2 is 1.90 bits per heavy atom. The summed E-state index contributed by atoms with van der Waals surface area (Å²) in [7, 11) is 3.48. The highest BCUT2D eigenvalue weighted by Crippen LogP contribution is 2.24. The van der Waals surface area contributed by atoms with Gasteiger partial charge in [0.1, 0.15) is 5.82 Å². The number of hydrogen-bond acceptors (Lipinski definition) is 2. The molecular weight excluding hydrogens is 339 g/mol. The molecule has 4 nitrogen and oxygen atoms in total. The highest BCUT2D eigenvalue weighted by molar-refractivity contribution is 9.10. The molecule has 0 spiro atoms. The first-order chi connectivity index (χ1) is 9.90. The molecule has 114 valence electrons. The number of benzene rings is 1. The molecule has 0 bridgehead atoms. The van der Waals surface area contributed by atoms with Crippen LogP contribution in [0.5, 0.6) is 0 Å². The maximum absolute atomic E-state index is 13.3. The predicted octanol–water partition coefficient (Wildman–Crippen LogP) is 2.53. The first kappa shape index (κ1) is 15.9. The minimum atomic E-state index is -0.431. The van der Waals surface area contributed by atoms with Gasteiger partial charge in [-0.3, -0.25) is 9.59 Å². The van der Waals surface area contributed by atoms with Crippen LogP contribution in [0, 0.1) is 11.7 Å². The summed E-state index contributed by atoms with van der Waals surface area (Å²) in [6.07, 6.45) is 1.30. The lowest BCUT2D eigenvalue weighted by atomic mass is 9.95. The van der Waals surface area contributed by atoms with Crippen molar-refractivity contribution < 1.29 is 14.0 Å². The molecule has 0 atom stereocenters. The third kappa shape index (κ3) is 3.61. The second kappa shape index (κ2) is 6.56. The van der Waals surface area contributed by atoms with E-state index in [-0.39, 0.29) is 17.7 Å². The Kier molecular flexibility index (Phi) is 4.98. The average Bonchev–Trinajstić information content (AvgIpc) is 2.48. The van der Waals surface area contributed by atoms with Crippen LogP contribution in [0.1, 0.15) is 23.2 Å². The van der Waals surface area contributed by atoms with Crippen LogP contribution in [0.2, 0.25) is 0 Å².